The van der Waals surface area contributed by atoms with Gasteiger partial charge in [-0.15, -0.1) is 0 Å². The third kappa shape index (κ3) is 4.36. The topological polar surface area (TPSA) is 61.9 Å². The number of likely N-dealkylation sites (tertiary alicyclic amines) is 1. The molecule has 26 heavy (non-hydrogen) atoms. The Bertz CT molecular complexity index is 633. The number of ether oxygens (including phenoxy) is 1. The van der Waals surface area contributed by atoms with E-state index in [9.17, 15) is 9.59 Å². The molecule has 2 aliphatic heterocycles. The summed E-state index contributed by atoms with van der Waals surface area (Å²) >= 11 is 0. The van der Waals surface area contributed by atoms with Gasteiger partial charge in [0.05, 0.1) is 24.6 Å². The fraction of sp³-hybridized carbons (Fsp3) is 0.600. The van der Waals surface area contributed by atoms with E-state index in [4.69, 9.17) is 4.74 Å². The number of hydrogen-bond donors (Lipinski definition) is 1. The number of amides is 2. The third-order valence-corrected chi connectivity index (χ3v) is 5.19. The molecule has 2 saturated heterocycles. The lowest BCUT2D eigenvalue weighted by Gasteiger charge is -2.33. The highest BCUT2D eigenvalue weighted by molar-refractivity contribution is 5.96. The minimum Gasteiger partial charge on any atom is -0.378 e. The molecule has 0 atom stereocenters. The smallest absolute Gasteiger partial charge is 0.227 e. The lowest BCUT2D eigenvalue weighted by Crippen LogP contribution is -2.43. The molecule has 0 spiro atoms. The molecule has 0 bridgehead atoms. The summed E-state index contributed by atoms with van der Waals surface area (Å²) in [6, 6.07) is 7.95. The summed E-state index contributed by atoms with van der Waals surface area (Å²) < 4.78 is 5.42. The van der Waals surface area contributed by atoms with Crippen LogP contribution in [0.3, 0.4) is 0 Å². The van der Waals surface area contributed by atoms with Crippen molar-refractivity contribution in [3.8, 4) is 0 Å². The molecule has 2 amide bonds. The van der Waals surface area contributed by atoms with Crippen LogP contribution < -0.4 is 10.2 Å². The first kappa shape index (κ1) is 18.7. The number of rotatable bonds is 4. The van der Waals surface area contributed by atoms with Crippen molar-refractivity contribution < 1.29 is 14.3 Å². The SMILES string of the molecule is CC(C)C(=O)N1CCC(C(=O)Nc2ccccc2N2CCOCC2)CC1. The van der Waals surface area contributed by atoms with Gasteiger partial charge in [0, 0.05) is 38.0 Å². The lowest BCUT2D eigenvalue weighted by molar-refractivity contribution is -0.137. The molecule has 0 unspecified atom stereocenters. The largest absolute Gasteiger partial charge is 0.378 e. The second-order valence-electron chi connectivity index (χ2n) is 7.36. The number of para-hydroxylation sites is 2. The quantitative estimate of drug-likeness (QED) is 0.896. The number of nitrogens with one attached hydrogen (secondary N) is 1. The number of anilines is 2. The van der Waals surface area contributed by atoms with Crippen LogP contribution >= 0.6 is 0 Å². The van der Waals surface area contributed by atoms with Crippen molar-refractivity contribution in [2.75, 3.05) is 49.6 Å². The van der Waals surface area contributed by atoms with E-state index in [1.807, 2.05) is 43.0 Å². The summed E-state index contributed by atoms with van der Waals surface area (Å²) in [5.74, 6) is 0.216. The Morgan fingerprint density at radius 3 is 2.38 bits per heavy atom. The molecule has 0 aromatic heterocycles. The number of benzene rings is 1. The van der Waals surface area contributed by atoms with Gasteiger partial charge >= 0.3 is 0 Å². The lowest BCUT2D eigenvalue weighted by atomic mass is 9.95. The van der Waals surface area contributed by atoms with Gasteiger partial charge in [-0.1, -0.05) is 26.0 Å². The summed E-state index contributed by atoms with van der Waals surface area (Å²) in [4.78, 5) is 29.0. The first-order valence-corrected chi connectivity index (χ1v) is 9.57. The van der Waals surface area contributed by atoms with E-state index in [1.165, 1.54) is 0 Å². The normalized spacial score (nSPS) is 18.9. The molecular formula is C20H29N3O3. The maximum absolute atomic E-state index is 12.8. The Morgan fingerprint density at radius 2 is 1.73 bits per heavy atom. The second kappa shape index (κ2) is 8.54. The molecule has 0 saturated carbocycles. The van der Waals surface area contributed by atoms with Gasteiger partial charge < -0.3 is 19.9 Å². The average Bonchev–Trinajstić information content (AvgIpc) is 2.68. The molecule has 2 heterocycles. The molecule has 0 aliphatic carbocycles. The average molecular weight is 359 g/mol. The molecule has 2 aliphatic rings. The van der Waals surface area contributed by atoms with Crippen molar-refractivity contribution in [3.63, 3.8) is 0 Å². The highest BCUT2D eigenvalue weighted by Crippen LogP contribution is 2.28. The predicted molar refractivity (Wildman–Crippen MR) is 102 cm³/mol. The zero-order valence-corrected chi connectivity index (χ0v) is 15.7. The van der Waals surface area contributed by atoms with Gasteiger partial charge in [0.15, 0.2) is 0 Å². The molecule has 1 aromatic carbocycles. The van der Waals surface area contributed by atoms with Crippen LogP contribution in [0, 0.1) is 11.8 Å². The van der Waals surface area contributed by atoms with E-state index in [2.05, 4.69) is 10.2 Å². The zero-order chi connectivity index (χ0) is 18.5. The summed E-state index contributed by atoms with van der Waals surface area (Å²) in [5.41, 5.74) is 1.91. The summed E-state index contributed by atoms with van der Waals surface area (Å²) in [7, 11) is 0. The van der Waals surface area contributed by atoms with E-state index in [0.29, 0.717) is 26.3 Å². The Morgan fingerprint density at radius 1 is 1.08 bits per heavy atom. The van der Waals surface area contributed by atoms with Gasteiger partial charge in [-0.2, -0.15) is 0 Å². The van der Waals surface area contributed by atoms with Gasteiger partial charge in [-0.3, -0.25) is 9.59 Å². The van der Waals surface area contributed by atoms with Crippen molar-refractivity contribution >= 4 is 23.2 Å². The maximum atomic E-state index is 12.8. The molecule has 0 radical (unpaired) electrons. The van der Waals surface area contributed by atoms with E-state index in [1.54, 1.807) is 0 Å². The molecule has 1 N–H and O–H groups in total. The number of piperidine rings is 1. The Kier molecular flexibility index (Phi) is 6.14. The zero-order valence-electron chi connectivity index (χ0n) is 15.7. The summed E-state index contributed by atoms with van der Waals surface area (Å²) in [6.45, 7) is 8.27. The van der Waals surface area contributed by atoms with Gasteiger partial charge in [0.1, 0.15) is 0 Å². The highest BCUT2D eigenvalue weighted by atomic mass is 16.5. The van der Waals surface area contributed by atoms with Crippen molar-refractivity contribution in [3.05, 3.63) is 24.3 Å². The van der Waals surface area contributed by atoms with E-state index in [-0.39, 0.29) is 23.7 Å². The second-order valence-corrected chi connectivity index (χ2v) is 7.36. The van der Waals surface area contributed by atoms with Gasteiger partial charge in [0.25, 0.3) is 0 Å². The number of morpholine rings is 1. The number of carbonyl (C=O) groups excluding carboxylic acids is 2. The minimum absolute atomic E-state index is 0.0146. The molecule has 6 heteroatoms. The molecule has 2 fully saturated rings. The molecule has 3 rings (SSSR count). The van der Waals surface area contributed by atoms with Crippen LogP contribution in [0.15, 0.2) is 24.3 Å². The number of nitrogens with zero attached hydrogens (tertiary/aromatic N) is 2. The Balaban J connectivity index is 1.60. The van der Waals surface area contributed by atoms with E-state index in [0.717, 1.165) is 37.3 Å². The predicted octanol–water partition coefficient (Wildman–Crippen LogP) is 2.36. The Labute approximate surface area is 155 Å². The molecule has 6 nitrogen and oxygen atoms in total. The van der Waals surface area contributed by atoms with Crippen LogP contribution in [-0.4, -0.2) is 56.1 Å². The first-order chi connectivity index (χ1) is 12.6. The van der Waals surface area contributed by atoms with Crippen molar-refractivity contribution in [1.82, 2.24) is 4.90 Å². The van der Waals surface area contributed by atoms with Crippen LogP contribution in [0.2, 0.25) is 0 Å². The fourth-order valence-electron chi connectivity index (χ4n) is 3.62. The minimum atomic E-state index is -0.0380. The monoisotopic (exact) mass is 359 g/mol. The Hall–Kier alpha value is -2.08. The van der Waals surface area contributed by atoms with Gasteiger partial charge in [0.2, 0.25) is 11.8 Å². The van der Waals surface area contributed by atoms with Gasteiger partial charge in [-0.25, -0.2) is 0 Å². The molecule has 142 valence electrons. The standard InChI is InChI=1S/C20H29N3O3/c1-15(2)20(25)23-9-7-16(8-10-23)19(24)21-17-5-3-4-6-18(17)22-11-13-26-14-12-22/h3-6,15-16H,7-14H2,1-2H3,(H,21,24). The number of hydrogen-bond acceptors (Lipinski definition) is 4. The van der Waals surface area contributed by atoms with Crippen LogP contribution in [0.25, 0.3) is 0 Å². The van der Waals surface area contributed by atoms with Crippen LogP contribution in [0.4, 0.5) is 11.4 Å². The van der Waals surface area contributed by atoms with E-state index >= 15 is 0 Å². The fourth-order valence-corrected chi connectivity index (χ4v) is 3.62. The molecule has 1 aromatic rings. The maximum Gasteiger partial charge on any atom is 0.227 e. The van der Waals surface area contributed by atoms with Crippen molar-refractivity contribution in [2.24, 2.45) is 11.8 Å². The first-order valence-electron chi connectivity index (χ1n) is 9.57. The molecular weight excluding hydrogens is 330 g/mol. The van der Waals surface area contributed by atoms with Crippen LogP contribution in [0.5, 0.6) is 0 Å². The summed E-state index contributed by atoms with van der Waals surface area (Å²) in [6.07, 6.45) is 1.45. The van der Waals surface area contributed by atoms with Gasteiger partial charge in [-0.05, 0) is 25.0 Å². The third-order valence-electron chi connectivity index (χ3n) is 5.19. The van der Waals surface area contributed by atoms with Crippen molar-refractivity contribution in [2.45, 2.75) is 26.7 Å². The van der Waals surface area contributed by atoms with Crippen molar-refractivity contribution in [1.29, 1.82) is 0 Å². The van der Waals surface area contributed by atoms with Crippen LogP contribution in [-0.2, 0) is 14.3 Å². The summed E-state index contributed by atoms with van der Waals surface area (Å²) in [5, 5.41) is 3.12. The van der Waals surface area contributed by atoms with E-state index < -0.39 is 0 Å². The highest BCUT2D eigenvalue weighted by Gasteiger charge is 2.28. The number of carbonyl (C=O) groups is 2. The van der Waals surface area contributed by atoms with Crippen LogP contribution in [0.1, 0.15) is 26.7 Å².